The van der Waals surface area contributed by atoms with Crippen LogP contribution in [0, 0.1) is 0 Å². The van der Waals surface area contributed by atoms with Crippen LogP contribution in [-0.2, 0) is 12.5 Å². The molecule has 4 nitrogen and oxygen atoms in total. The Balaban J connectivity index is 2.28. The van der Waals surface area contributed by atoms with Crippen LogP contribution in [0.5, 0.6) is 0 Å². The lowest BCUT2D eigenvalue weighted by molar-refractivity contribution is 0.139. The second-order valence-corrected chi connectivity index (χ2v) is 7.57. The topological polar surface area (TPSA) is 47.1 Å². The van der Waals surface area contributed by atoms with E-state index in [0.717, 1.165) is 0 Å². The smallest absolute Gasteiger partial charge is 0.0726 e. The van der Waals surface area contributed by atoms with Crippen LogP contribution in [0.4, 0.5) is 0 Å². The van der Waals surface area contributed by atoms with Crippen LogP contribution in [-0.4, -0.2) is 34.3 Å². The molecule has 1 aromatic heterocycles. The van der Waals surface area contributed by atoms with Gasteiger partial charge in [-0.05, 0) is 19.9 Å². The fraction of sp³-hybridized carbons (Fsp3) is 0.824. The van der Waals surface area contributed by atoms with E-state index in [1.165, 1.54) is 43.4 Å². The summed E-state index contributed by atoms with van der Waals surface area (Å²) in [7, 11) is 4.25. The zero-order chi connectivity index (χ0) is 15.6. The van der Waals surface area contributed by atoms with Crippen LogP contribution < -0.4 is 5.73 Å². The third kappa shape index (κ3) is 3.67. The molecule has 1 aliphatic carbocycles. The highest BCUT2D eigenvalue weighted by molar-refractivity contribution is 5.28. The van der Waals surface area contributed by atoms with Crippen molar-refractivity contribution in [3.8, 4) is 0 Å². The minimum Gasteiger partial charge on any atom is -0.329 e. The molecule has 1 saturated carbocycles. The van der Waals surface area contributed by atoms with E-state index in [4.69, 9.17) is 10.8 Å². The number of rotatable bonds is 4. The van der Waals surface area contributed by atoms with Gasteiger partial charge in [0.1, 0.15) is 0 Å². The molecule has 0 amide bonds. The minimum absolute atomic E-state index is 0.0530. The second-order valence-electron chi connectivity index (χ2n) is 7.57. The molecular formula is C17H32N4. The molecule has 4 heteroatoms. The van der Waals surface area contributed by atoms with Gasteiger partial charge in [0, 0.05) is 36.8 Å². The molecule has 0 bridgehead atoms. The highest BCUT2D eigenvalue weighted by atomic mass is 15.3. The minimum atomic E-state index is 0.0530. The Hall–Kier alpha value is -0.870. The van der Waals surface area contributed by atoms with Crippen LogP contribution in [0.2, 0.25) is 0 Å². The predicted molar refractivity (Wildman–Crippen MR) is 88.3 cm³/mol. The first-order valence-corrected chi connectivity index (χ1v) is 8.30. The van der Waals surface area contributed by atoms with Crippen molar-refractivity contribution in [3.63, 3.8) is 0 Å². The summed E-state index contributed by atoms with van der Waals surface area (Å²) in [5, 5.41) is 4.71. The van der Waals surface area contributed by atoms with Crippen LogP contribution in [0.25, 0.3) is 0 Å². The predicted octanol–water partition coefficient (Wildman–Crippen LogP) is 2.98. The largest absolute Gasteiger partial charge is 0.329 e. The van der Waals surface area contributed by atoms with Crippen molar-refractivity contribution in [2.45, 2.75) is 70.4 Å². The summed E-state index contributed by atoms with van der Waals surface area (Å²) in [6, 6.07) is 0.941. The first-order valence-electron chi connectivity index (χ1n) is 8.30. The summed E-state index contributed by atoms with van der Waals surface area (Å²) in [5.41, 5.74) is 8.70. The number of aromatic nitrogens is 2. The lowest BCUT2D eigenvalue weighted by Crippen LogP contribution is -2.40. The average Bonchev–Trinajstić information content (AvgIpc) is 2.82. The highest BCUT2D eigenvalue weighted by Crippen LogP contribution is 2.33. The molecule has 1 heterocycles. The Morgan fingerprint density at radius 3 is 2.48 bits per heavy atom. The number of likely N-dealkylation sites (N-methyl/N-ethyl adjacent to an activating group) is 1. The van der Waals surface area contributed by atoms with E-state index in [-0.39, 0.29) is 11.5 Å². The molecule has 1 aromatic rings. The lowest BCUT2D eigenvalue weighted by atomic mass is 9.86. The van der Waals surface area contributed by atoms with E-state index >= 15 is 0 Å². The molecule has 1 unspecified atom stereocenters. The Kier molecular flexibility index (Phi) is 5.10. The fourth-order valence-corrected chi connectivity index (χ4v) is 3.59. The highest BCUT2D eigenvalue weighted by Gasteiger charge is 2.31. The molecule has 1 atom stereocenters. The molecule has 0 aromatic carbocycles. The Labute approximate surface area is 129 Å². The molecule has 120 valence electrons. The first-order chi connectivity index (χ1) is 9.84. The van der Waals surface area contributed by atoms with E-state index < -0.39 is 0 Å². The summed E-state index contributed by atoms with van der Waals surface area (Å²) in [6.45, 7) is 7.34. The first kappa shape index (κ1) is 16.5. The normalized spacial score (nSPS) is 19.2. The van der Waals surface area contributed by atoms with Crippen molar-refractivity contribution in [1.82, 2.24) is 14.7 Å². The number of nitrogens with zero attached hydrogens (tertiary/aromatic N) is 3. The summed E-state index contributed by atoms with van der Waals surface area (Å²) < 4.78 is 1.94. The van der Waals surface area contributed by atoms with Gasteiger partial charge in [-0.25, -0.2) is 0 Å². The Morgan fingerprint density at radius 2 is 1.95 bits per heavy atom. The Bertz CT molecular complexity index is 452. The van der Waals surface area contributed by atoms with Crippen LogP contribution in [0.1, 0.15) is 70.2 Å². The van der Waals surface area contributed by atoms with E-state index in [2.05, 4.69) is 38.9 Å². The molecule has 0 radical (unpaired) electrons. The zero-order valence-corrected chi connectivity index (χ0v) is 14.4. The van der Waals surface area contributed by atoms with Crippen molar-refractivity contribution in [2.24, 2.45) is 12.8 Å². The van der Waals surface area contributed by atoms with Crippen molar-refractivity contribution in [1.29, 1.82) is 0 Å². The zero-order valence-electron chi connectivity index (χ0n) is 14.4. The molecule has 2 rings (SSSR count). The third-order valence-corrected chi connectivity index (χ3v) is 4.79. The molecule has 2 N–H and O–H groups in total. The van der Waals surface area contributed by atoms with E-state index in [1.54, 1.807) is 0 Å². The summed E-state index contributed by atoms with van der Waals surface area (Å²) >= 11 is 0. The van der Waals surface area contributed by atoms with Crippen molar-refractivity contribution in [2.75, 3.05) is 13.6 Å². The van der Waals surface area contributed by atoms with Gasteiger partial charge >= 0.3 is 0 Å². The van der Waals surface area contributed by atoms with Gasteiger partial charge in [-0.2, -0.15) is 5.10 Å². The standard InChI is InChI=1S/C17H32N4/c1-17(2,3)16-14(12-20(4)19-16)15(11-18)21(5)13-9-7-6-8-10-13/h12-13,15H,6-11,18H2,1-5H3. The maximum atomic E-state index is 6.16. The van der Waals surface area contributed by atoms with Gasteiger partial charge in [-0.15, -0.1) is 0 Å². The number of aryl methyl sites for hydroxylation is 1. The van der Waals surface area contributed by atoms with Crippen molar-refractivity contribution in [3.05, 3.63) is 17.5 Å². The van der Waals surface area contributed by atoms with Crippen LogP contribution in [0.3, 0.4) is 0 Å². The SMILES string of the molecule is CN(C1CCCCC1)C(CN)c1cn(C)nc1C(C)(C)C. The maximum Gasteiger partial charge on any atom is 0.0726 e. The van der Waals surface area contributed by atoms with Crippen molar-refractivity contribution >= 4 is 0 Å². The van der Waals surface area contributed by atoms with Gasteiger partial charge in [0.15, 0.2) is 0 Å². The fourth-order valence-electron chi connectivity index (χ4n) is 3.59. The molecular weight excluding hydrogens is 260 g/mol. The number of hydrogen-bond acceptors (Lipinski definition) is 3. The molecule has 1 fully saturated rings. The number of hydrogen-bond donors (Lipinski definition) is 1. The average molecular weight is 292 g/mol. The Morgan fingerprint density at radius 1 is 1.33 bits per heavy atom. The number of nitrogens with two attached hydrogens (primary N) is 1. The summed E-state index contributed by atoms with van der Waals surface area (Å²) in [5.74, 6) is 0. The van der Waals surface area contributed by atoms with Gasteiger partial charge in [0.25, 0.3) is 0 Å². The molecule has 21 heavy (non-hydrogen) atoms. The van der Waals surface area contributed by atoms with Crippen molar-refractivity contribution < 1.29 is 0 Å². The van der Waals surface area contributed by atoms with Gasteiger partial charge in [0.2, 0.25) is 0 Å². The summed E-state index contributed by atoms with van der Waals surface area (Å²) in [4.78, 5) is 2.51. The van der Waals surface area contributed by atoms with E-state index in [9.17, 15) is 0 Å². The van der Waals surface area contributed by atoms with Gasteiger partial charge in [-0.3, -0.25) is 9.58 Å². The van der Waals surface area contributed by atoms with Crippen LogP contribution in [0.15, 0.2) is 6.20 Å². The molecule has 0 saturated heterocycles. The van der Waals surface area contributed by atoms with Gasteiger partial charge < -0.3 is 5.73 Å². The third-order valence-electron chi connectivity index (χ3n) is 4.79. The second kappa shape index (κ2) is 6.49. The maximum absolute atomic E-state index is 6.16. The van der Waals surface area contributed by atoms with E-state index in [0.29, 0.717) is 12.6 Å². The van der Waals surface area contributed by atoms with Crippen LogP contribution >= 0.6 is 0 Å². The molecule has 1 aliphatic rings. The van der Waals surface area contributed by atoms with E-state index in [1.807, 2.05) is 11.7 Å². The quantitative estimate of drug-likeness (QED) is 0.928. The van der Waals surface area contributed by atoms with Gasteiger partial charge in [-0.1, -0.05) is 40.0 Å². The van der Waals surface area contributed by atoms with Gasteiger partial charge in [0.05, 0.1) is 11.7 Å². The summed E-state index contributed by atoms with van der Waals surface area (Å²) in [6.07, 6.45) is 8.86. The molecule has 0 spiro atoms. The monoisotopic (exact) mass is 292 g/mol. The lowest BCUT2D eigenvalue weighted by Gasteiger charge is -2.37. The molecule has 0 aliphatic heterocycles.